The van der Waals surface area contributed by atoms with Crippen molar-refractivity contribution in [2.45, 2.75) is 63.4 Å². The Morgan fingerprint density at radius 3 is 2.64 bits per heavy atom. The Bertz CT molecular complexity index is 1130. The summed E-state index contributed by atoms with van der Waals surface area (Å²) in [7, 11) is 0. The van der Waals surface area contributed by atoms with Gasteiger partial charge in [-0.25, -0.2) is 4.98 Å². The van der Waals surface area contributed by atoms with Crippen LogP contribution < -0.4 is 0 Å². The molecule has 7 nitrogen and oxygen atoms in total. The first-order chi connectivity index (χ1) is 13.4. The van der Waals surface area contributed by atoms with Gasteiger partial charge in [-0.15, -0.1) is 10.2 Å². The molecule has 0 fully saturated rings. The minimum atomic E-state index is -0.149. The molecule has 0 bridgehead atoms. The summed E-state index contributed by atoms with van der Waals surface area (Å²) in [5, 5.41) is 14.6. The molecule has 0 amide bonds. The van der Waals surface area contributed by atoms with E-state index in [1.54, 1.807) is 0 Å². The van der Waals surface area contributed by atoms with Crippen LogP contribution in [0.2, 0.25) is 0 Å². The number of nitrogens with zero attached hydrogens (tertiary/aromatic N) is 6. The molecule has 1 aromatic carbocycles. The van der Waals surface area contributed by atoms with Crippen molar-refractivity contribution in [1.29, 1.82) is 0 Å². The van der Waals surface area contributed by atoms with E-state index in [1.165, 1.54) is 11.8 Å². The molecule has 3 heterocycles. The number of rotatable bonds is 5. The lowest BCUT2D eigenvalue weighted by Gasteiger charge is -2.11. The summed E-state index contributed by atoms with van der Waals surface area (Å²) < 4.78 is 7.68. The van der Waals surface area contributed by atoms with Gasteiger partial charge in [-0.2, -0.15) is 4.98 Å². The lowest BCUT2D eigenvalue weighted by atomic mass is 9.96. The van der Waals surface area contributed by atoms with Crippen LogP contribution in [-0.4, -0.2) is 29.9 Å². The van der Waals surface area contributed by atoms with Gasteiger partial charge in [-0.3, -0.25) is 0 Å². The van der Waals surface area contributed by atoms with Gasteiger partial charge in [0.1, 0.15) is 5.52 Å². The number of fused-ring (bicyclic) bond motifs is 3. The molecule has 4 rings (SSSR count). The molecule has 0 aliphatic rings. The molecular formula is C20H24N6OS. The smallest absolute Gasteiger partial charge is 0.239 e. The van der Waals surface area contributed by atoms with Crippen molar-refractivity contribution < 1.29 is 4.52 Å². The fourth-order valence-corrected chi connectivity index (χ4v) is 3.84. The third-order valence-electron chi connectivity index (χ3n) is 4.54. The SMILES string of the molecule is CCCn1c2ccccc2c2nnc(S[C@H](C)c3nc(C(C)(C)C)no3)nc21. The van der Waals surface area contributed by atoms with Gasteiger partial charge in [-0.1, -0.05) is 62.8 Å². The van der Waals surface area contributed by atoms with E-state index in [2.05, 4.69) is 64.7 Å². The van der Waals surface area contributed by atoms with Crippen LogP contribution in [0.4, 0.5) is 0 Å². The van der Waals surface area contributed by atoms with Crippen LogP contribution in [-0.2, 0) is 12.0 Å². The molecule has 0 N–H and O–H groups in total. The highest BCUT2D eigenvalue weighted by molar-refractivity contribution is 7.99. The van der Waals surface area contributed by atoms with E-state index in [4.69, 9.17) is 9.51 Å². The van der Waals surface area contributed by atoms with Gasteiger partial charge in [0, 0.05) is 17.3 Å². The van der Waals surface area contributed by atoms with Gasteiger partial charge < -0.3 is 9.09 Å². The van der Waals surface area contributed by atoms with Crippen LogP contribution in [0.3, 0.4) is 0 Å². The van der Waals surface area contributed by atoms with E-state index in [-0.39, 0.29) is 10.7 Å². The molecule has 3 aromatic heterocycles. The van der Waals surface area contributed by atoms with Crippen molar-refractivity contribution >= 4 is 33.8 Å². The highest BCUT2D eigenvalue weighted by Crippen LogP contribution is 2.34. The quantitative estimate of drug-likeness (QED) is 0.443. The normalized spacial score (nSPS) is 13.5. The van der Waals surface area contributed by atoms with E-state index < -0.39 is 0 Å². The maximum atomic E-state index is 5.46. The lowest BCUT2D eigenvalue weighted by molar-refractivity contribution is 0.364. The minimum Gasteiger partial charge on any atom is -0.338 e. The average Bonchev–Trinajstić information content (AvgIpc) is 3.27. The lowest BCUT2D eigenvalue weighted by Crippen LogP contribution is -2.13. The molecule has 0 aliphatic carbocycles. The van der Waals surface area contributed by atoms with E-state index >= 15 is 0 Å². The van der Waals surface area contributed by atoms with Gasteiger partial charge in [0.15, 0.2) is 11.5 Å². The topological polar surface area (TPSA) is 82.5 Å². The number of hydrogen-bond donors (Lipinski definition) is 0. The molecule has 0 unspecified atom stereocenters. The van der Waals surface area contributed by atoms with Crippen LogP contribution in [0.15, 0.2) is 33.9 Å². The van der Waals surface area contributed by atoms with Crippen molar-refractivity contribution in [3.05, 3.63) is 36.0 Å². The number of aromatic nitrogens is 6. The summed E-state index contributed by atoms with van der Waals surface area (Å²) in [5.41, 5.74) is 2.70. The molecule has 4 aromatic rings. The van der Waals surface area contributed by atoms with Crippen LogP contribution in [0.5, 0.6) is 0 Å². The molecule has 146 valence electrons. The molecule has 8 heteroatoms. The summed E-state index contributed by atoms with van der Waals surface area (Å²) in [5.74, 6) is 1.28. The molecule has 28 heavy (non-hydrogen) atoms. The summed E-state index contributed by atoms with van der Waals surface area (Å²) in [4.78, 5) is 9.36. The monoisotopic (exact) mass is 396 g/mol. The molecule has 0 saturated heterocycles. The Hall–Kier alpha value is -2.48. The molecule has 0 spiro atoms. The third-order valence-corrected chi connectivity index (χ3v) is 5.48. The van der Waals surface area contributed by atoms with Crippen molar-refractivity contribution in [1.82, 2.24) is 29.9 Å². The zero-order valence-corrected chi connectivity index (χ0v) is 17.6. The second-order valence-electron chi connectivity index (χ2n) is 7.90. The zero-order valence-electron chi connectivity index (χ0n) is 16.8. The van der Waals surface area contributed by atoms with E-state index in [0.29, 0.717) is 16.9 Å². The molecule has 0 aliphatic heterocycles. The van der Waals surface area contributed by atoms with Gasteiger partial charge >= 0.3 is 0 Å². The Morgan fingerprint density at radius 2 is 1.93 bits per heavy atom. The molecule has 0 radical (unpaired) electrons. The Kier molecular flexibility index (Phi) is 4.82. The first kappa shape index (κ1) is 18.9. The summed E-state index contributed by atoms with van der Waals surface area (Å²) in [6.45, 7) is 11.3. The molecule has 0 saturated carbocycles. The fourth-order valence-electron chi connectivity index (χ4n) is 3.10. The summed E-state index contributed by atoms with van der Waals surface area (Å²) in [6, 6.07) is 8.24. The number of aryl methyl sites for hydroxylation is 1. The number of thioether (sulfide) groups is 1. The maximum absolute atomic E-state index is 5.46. The van der Waals surface area contributed by atoms with Crippen LogP contribution in [0.25, 0.3) is 22.1 Å². The predicted molar refractivity (Wildman–Crippen MR) is 110 cm³/mol. The van der Waals surface area contributed by atoms with Gasteiger partial charge in [0.05, 0.1) is 10.8 Å². The van der Waals surface area contributed by atoms with Crippen LogP contribution in [0, 0.1) is 0 Å². The van der Waals surface area contributed by atoms with E-state index in [0.717, 1.165) is 35.0 Å². The maximum Gasteiger partial charge on any atom is 0.239 e. The van der Waals surface area contributed by atoms with Gasteiger partial charge in [0.2, 0.25) is 11.0 Å². The van der Waals surface area contributed by atoms with E-state index in [1.807, 2.05) is 19.1 Å². The standard InChI is InChI=1S/C20H24N6OS/c1-6-11-26-14-10-8-7-9-13(14)15-16(26)21-19(24-23-15)28-12(2)17-22-18(25-27-17)20(3,4)5/h7-10,12H,6,11H2,1-5H3/t12-/m1/s1. The largest absolute Gasteiger partial charge is 0.338 e. The fraction of sp³-hybridized carbons (Fsp3) is 0.450. The van der Waals surface area contributed by atoms with Crippen molar-refractivity contribution in [2.75, 3.05) is 0 Å². The van der Waals surface area contributed by atoms with Gasteiger partial charge in [0.25, 0.3) is 0 Å². The first-order valence-corrected chi connectivity index (χ1v) is 10.4. The van der Waals surface area contributed by atoms with E-state index in [9.17, 15) is 0 Å². The Morgan fingerprint density at radius 1 is 1.14 bits per heavy atom. The average molecular weight is 397 g/mol. The Labute approximate surface area is 167 Å². The minimum absolute atomic E-state index is 0.0631. The van der Waals surface area contributed by atoms with Gasteiger partial charge in [-0.05, 0) is 19.4 Å². The third kappa shape index (κ3) is 3.37. The van der Waals surface area contributed by atoms with Crippen molar-refractivity contribution in [2.24, 2.45) is 0 Å². The van der Waals surface area contributed by atoms with Crippen molar-refractivity contribution in [3.8, 4) is 0 Å². The zero-order chi connectivity index (χ0) is 19.9. The van der Waals surface area contributed by atoms with Crippen LogP contribution >= 0.6 is 11.8 Å². The Balaban J connectivity index is 1.68. The number of hydrogen-bond acceptors (Lipinski definition) is 7. The number of para-hydroxylation sites is 1. The second kappa shape index (κ2) is 7.16. The second-order valence-corrected chi connectivity index (χ2v) is 9.21. The predicted octanol–water partition coefficient (Wildman–Crippen LogP) is 4.92. The molecule has 1 atom stereocenters. The highest BCUT2D eigenvalue weighted by atomic mass is 32.2. The number of benzene rings is 1. The first-order valence-electron chi connectivity index (χ1n) is 9.51. The highest BCUT2D eigenvalue weighted by Gasteiger charge is 2.24. The summed E-state index contributed by atoms with van der Waals surface area (Å²) in [6.07, 6.45) is 1.02. The van der Waals surface area contributed by atoms with Crippen molar-refractivity contribution in [3.63, 3.8) is 0 Å². The van der Waals surface area contributed by atoms with Crippen LogP contribution in [0.1, 0.15) is 58.0 Å². The molecular weight excluding hydrogens is 372 g/mol. The summed E-state index contributed by atoms with van der Waals surface area (Å²) >= 11 is 1.48.